The quantitative estimate of drug-likeness (QED) is 0.756. The smallest absolute Gasteiger partial charge is 0.416 e. The first-order valence-corrected chi connectivity index (χ1v) is 10.9. The van der Waals surface area contributed by atoms with Gasteiger partial charge in [-0.1, -0.05) is 42.1 Å². The SMILES string of the molecule is CCN(C(=O)OC(C)(C)C)C1=N[C@@H]2[C@@H](F)[C@H](OCc3ccccc3)[C@@H](CO)O[C@@H]2S1. The van der Waals surface area contributed by atoms with Crippen molar-refractivity contribution in [2.24, 2.45) is 4.99 Å². The van der Waals surface area contributed by atoms with Gasteiger partial charge in [0.05, 0.1) is 13.2 Å². The van der Waals surface area contributed by atoms with E-state index in [1.165, 1.54) is 16.7 Å². The minimum absolute atomic E-state index is 0.200. The van der Waals surface area contributed by atoms with Crippen molar-refractivity contribution >= 4 is 23.0 Å². The molecule has 0 unspecified atom stereocenters. The molecule has 1 aromatic rings. The van der Waals surface area contributed by atoms with Gasteiger partial charge in [0.15, 0.2) is 11.3 Å². The van der Waals surface area contributed by atoms with Crippen molar-refractivity contribution < 1.29 is 28.5 Å². The highest BCUT2D eigenvalue weighted by Gasteiger charge is 2.51. The van der Waals surface area contributed by atoms with E-state index in [2.05, 4.69) is 4.99 Å². The molecule has 2 aliphatic rings. The summed E-state index contributed by atoms with van der Waals surface area (Å²) >= 11 is 1.17. The van der Waals surface area contributed by atoms with Crippen LogP contribution in [0, 0.1) is 0 Å². The van der Waals surface area contributed by atoms with Crippen molar-refractivity contribution in [3.05, 3.63) is 35.9 Å². The first kappa shape index (κ1) is 23.0. The largest absolute Gasteiger partial charge is 0.443 e. The van der Waals surface area contributed by atoms with Gasteiger partial charge in [0.1, 0.15) is 29.3 Å². The van der Waals surface area contributed by atoms with E-state index < -0.39 is 41.6 Å². The number of thioether (sulfide) groups is 1. The summed E-state index contributed by atoms with van der Waals surface area (Å²) in [4.78, 5) is 18.3. The molecule has 1 aromatic carbocycles. The predicted molar refractivity (Wildman–Crippen MR) is 113 cm³/mol. The Morgan fingerprint density at radius 2 is 2.03 bits per heavy atom. The van der Waals surface area contributed by atoms with Gasteiger partial charge in [0.25, 0.3) is 0 Å². The molecule has 0 aliphatic carbocycles. The molecule has 0 aromatic heterocycles. The van der Waals surface area contributed by atoms with Gasteiger partial charge in [-0.3, -0.25) is 9.89 Å². The molecule has 1 amide bonds. The molecule has 0 saturated carbocycles. The Balaban J connectivity index is 1.72. The van der Waals surface area contributed by atoms with E-state index in [0.29, 0.717) is 11.7 Å². The summed E-state index contributed by atoms with van der Waals surface area (Å²) in [7, 11) is 0. The molecule has 0 bridgehead atoms. The second kappa shape index (κ2) is 9.64. The van der Waals surface area contributed by atoms with Gasteiger partial charge in [-0.2, -0.15) is 0 Å². The number of aliphatic hydroxyl groups is 1. The average Bonchev–Trinajstić information content (AvgIpc) is 3.11. The highest BCUT2D eigenvalue weighted by atomic mass is 32.2. The van der Waals surface area contributed by atoms with Crippen LogP contribution in [0.2, 0.25) is 0 Å². The molecule has 1 N–H and O–H groups in total. The van der Waals surface area contributed by atoms with E-state index in [9.17, 15) is 9.90 Å². The maximum Gasteiger partial charge on any atom is 0.416 e. The molecule has 0 spiro atoms. The standard InChI is InChI=1S/C21H29FN2O5S/c1-5-24(20(26)29-21(2,3)4)19-23-16-15(22)17(14(11-25)28-18(16)30-19)27-12-13-9-7-6-8-10-13/h6-10,14-18,25H,5,11-12H2,1-4H3/t14-,15-,16-,17-,18-/m1/s1. The fraction of sp³-hybridized carbons (Fsp3) is 0.619. The zero-order valence-electron chi connectivity index (χ0n) is 17.7. The lowest BCUT2D eigenvalue weighted by Crippen LogP contribution is -2.55. The van der Waals surface area contributed by atoms with E-state index in [-0.39, 0.29) is 13.2 Å². The third-order valence-corrected chi connectivity index (χ3v) is 5.86. The summed E-state index contributed by atoms with van der Waals surface area (Å²) in [5.74, 6) is 0. The normalized spacial score (nSPS) is 28.6. The number of aliphatic imine (C=N–C) groups is 1. The van der Waals surface area contributed by atoms with Crippen LogP contribution in [0.1, 0.15) is 33.3 Å². The van der Waals surface area contributed by atoms with E-state index in [1.54, 1.807) is 27.7 Å². The van der Waals surface area contributed by atoms with Gasteiger partial charge in [0, 0.05) is 6.54 Å². The van der Waals surface area contributed by atoms with E-state index in [0.717, 1.165) is 5.56 Å². The van der Waals surface area contributed by atoms with Crippen molar-refractivity contribution in [2.45, 2.75) is 69.8 Å². The fourth-order valence-electron chi connectivity index (χ4n) is 3.28. The Labute approximate surface area is 180 Å². The van der Waals surface area contributed by atoms with Gasteiger partial charge in [-0.25, -0.2) is 9.18 Å². The Hall–Kier alpha value is -1.68. The molecule has 30 heavy (non-hydrogen) atoms. The Morgan fingerprint density at radius 1 is 1.33 bits per heavy atom. The first-order valence-electron chi connectivity index (χ1n) is 10.0. The zero-order chi connectivity index (χ0) is 21.9. The monoisotopic (exact) mass is 440 g/mol. The van der Waals surface area contributed by atoms with Crippen molar-refractivity contribution in [2.75, 3.05) is 13.2 Å². The molecular formula is C21H29FN2O5S. The maximum atomic E-state index is 15.4. The number of carbonyl (C=O) groups is 1. The summed E-state index contributed by atoms with van der Waals surface area (Å²) < 4.78 is 32.5. The highest BCUT2D eigenvalue weighted by molar-refractivity contribution is 8.14. The minimum Gasteiger partial charge on any atom is -0.443 e. The molecule has 1 saturated heterocycles. The number of alkyl halides is 1. The Bertz CT molecular complexity index is 758. The summed E-state index contributed by atoms with van der Waals surface area (Å²) in [6, 6.07) is 8.59. The number of amides is 1. The second-order valence-corrected chi connectivity index (χ2v) is 9.24. The third kappa shape index (κ3) is 5.32. The lowest BCUT2D eigenvalue weighted by Gasteiger charge is -2.38. The lowest BCUT2D eigenvalue weighted by atomic mass is 9.99. The Morgan fingerprint density at radius 3 is 2.63 bits per heavy atom. The van der Waals surface area contributed by atoms with Crippen LogP contribution in [0.5, 0.6) is 0 Å². The van der Waals surface area contributed by atoms with Crippen LogP contribution in [0.15, 0.2) is 35.3 Å². The molecule has 9 heteroatoms. The van der Waals surface area contributed by atoms with Crippen LogP contribution < -0.4 is 0 Å². The van der Waals surface area contributed by atoms with Crippen molar-refractivity contribution in [3.63, 3.8) is 0 Å². The van der Waals surface area contributed by atoms with Gasteiger partial charge in [-0.15, -0.1) is 0 Å². The topological polar surface area (TPSA) is 80.6 Å². The number of carbonyl (C=O) groups excluding carboxylic acids is 1. The van der Waals surface area contributed by atoms with Crippen LogP contribution in [-0.2, 0) is 20.8 Å². The summed E-state index contributed by atoms with van der Waals surface area (Å²) in [6.45, 7) is 7.30. The number of benzene rings is 1. The third-order valence-electron chi connectivity index (χ3n) is 4.70. The number of hydrogen-bond donors (Lipinski definition) is 1. The molecule has 2 heterocycles. The molecular weight excluding hydrogens is 411 g/mol. The molecule has 2 aliphatic heterocycles. The molecule has 0 radical (unpaired) electrons. The number of ether oxygens (including phenoxy) is 3. The lowest BCUT2D eigenvalue weighted by molar-refractivity contribution is -0.171. The van der Waals surface area contributed by atoms with Crippen molar-refractivity contribution in [1.29, 1.82) is 0 Å². The van der Waals surface area contributed by atoms with Crippen LogP contribution in [0.4, 0.5) is 9.18 Å². The van der Waals surface area contributed by atoms with E-state index in [1.807, 2.05) is 30.3 Å². The van der Waals surface area contributed by atoms with Crippen LogP contribution in [-0.4, -0.2) is 69.9 Å². The number of rotatable bonds is 5. The molecule has 7 nitrogen and oxygen atoms in total. The fourth-order valence-corrected chi connectivity index (χ4v) is 4.55. The van der Waals surface area contributed by atoms with E-state index in [4.69, 9.17) is 14.2 Å². The second-order valence-electron chi connectivity index (χ2n) is 8.18. The molecule has 3 rings (SSSR count). The zero-order valence-corrected chi connectivity index (χ0v) is 18.5. The maximum absolute atomic E-state index is 15.4. The van der Waals surface area contributed by atoms with Gasteiger partial charge < -0.3 is 19.3 Å². The average molecular weight is 441 g/mol. The van der Waals surface area contributed by atoms with Crippen LogP contribution >= 0.6 is 11.8 Å². The minimum atomic E-state index is -1.48. The molecule has 166 valence electrons. The summed E-state index contributed by atoms with van der Waals surface area (Å²) in [6.07, 6.45) is -3.80. The molecule has 1 fully saturated rings. The van der Waals surface area contributed by atoms with Gasteiger partial charge >= 0.3 is 6.09 Å². The number of fused-ring (bicyclic) bond motifs is 1. The highest BCUT2D eigenvalue weighted by Crippen LogP contribution is 2.40. The van der Waals surface area contributed by atoms with Crippen LogP contribution in [0.3, 0.4) is 0 Å². The Kier molecular flexibility index (Phi) is 7.38. The number of hydrogen-bond acceptors (Lipinski definition) is 7. The van der Waals surface area contributed by atoms with Gasteiger partial charge in [-0.05, 0) is 33.3 Å². The van der Waals surface area contributed by atoms with Gasteiger partial charge in [0.2, 0.25) is 0 Å². The van der Waals surface area contributed by atoms with Crippen molar-refractivity contribution in [3.8, 4) is 0 Å². The number of nitrogens with zero attached hydrogens (tertiary/aromatic N) is 2. The number of aliphatic hydroxyl groups excluding tert-OH is 1. The number of amidine groups is 1. The molecule has 5 atom stereocenters. The predicted octanol–water partition coefficient (Wildman–Crippen LogP) is 3.36. The van der Waals surface area contributed by atoms with Crippen LogP contribution in [0.25, 0.3) is 0 Å². The summed E-state index contributed by atoms with van der Waals surface area (Å²) in [5, 5.41) is 10.1. The number of halogens is 1. The van der Waals surface area contributed by atoms with E-state index >= 15 is 4.39 Å². The summed E-state index contributed by atoms with van der Waals surface area (Å²) in [5.41, 5.74) is -0.394. The first-order chi connectivity index (χ1) is 14.2. The van der Waals surface area contributed by atoms with Crippen molar-refractivity contribution in [1.82, 2.24) is 4.90 Å².